The van der Waals surface area contributed by atoms with Crippen molar-refractivity contribution in [1.82, 2.24) is 0 Å². The first kappa shape index (κ1) is 10.7. The van der Waals surface area contributed by atoms with Crippen LogP contribution in [0.15, 0.2) is 0 Å². The minimum Gasteiger partial charge on any atom is -0.368 e. The highest BCUT2D eigenvalue weighted by atomic mass is 16.5. The molecule has 1 saturated heterocycles. The number of carbonyl (C=O) groups excluding carboxylic acids is 1. The Morgan fingerprint density at radius 1 is 1.38 bits per heavy atom. The first-order valence-corrected chi connectivity index (χ1v) is 5.47. The van der Waals surface area contributed by atoms with Crippen molar-refractivity contribution < 1.29 is 9.53 Å². The maximum absolute atomic E-state index is 10.6. The first-order valence-electron chi connectivity index (χ1n) is 5.47. The summed E-state index contributed by atoms with van der Waals surface area (Å²) in [4.78, 5) is 10.6. The molecular weight excluding hydrogens is 164 g/mol. The normalized spacial score (nSPS) is 29.6. The van der Waals surface area contributed by atoms with Crippen LogP contribution in [0.25, 0.3) is 0 Å². The van der Waals surface area contributed by atoms with Gasteiger partial charge >= 0.3 is 0 Å². The summed E-state index contributed by atoms with van der Waals surface area (Å²) in [6.07, 6.45) is 9.18. The van der Waals surface area contributed by atoms with Crippen molar-refractivity contribution in [3.05, 3.63) is 0 Å². The van der Waals surface area contributed by atoms with Crippen LogP contribution < -0.4 is 0 Å². The van der Waals surface area contributed by atoms with E-state index < -0.39 is 0 Å². The molecule has 2 heteroatoms. The molecule has 1 aliphatic heterocycles. The largest absolute Gasteiger partial charge is 0.368 e. The number of unbranched alkanes of at least 4 members (excludes halogenated alkanes) is 1. The van der Waals surface area contributed by atoms with Gasteiger partial charge in [-0.05, 0) is 19.3 Å². The van der Waals surface area contributed by atoms with Crippen molar-refractivity contribution in [3.8, 4) is 0 Å². The van der Waals surface area contributed by atoms with Crippen molar-refractivity contribution in [1.29, 1.82) is 0 Å². The first-order chi connectivity index (χ1) is 6.36. The van der Waals surface area contributed by atoms with Crippen LogP contribution in [0.5, 0.6) is 0 Å². The number of carbonyl (C=O) groups is 1. The van der Waals surface area contributed by atoms with Gasteiger partial charge in [-0.25, -0.2) is 0 Å². The second-order valence-corrected chi connectivity index (χ2v) is 3.86. The van der Waals surface area contributed by atoms with Crippen LogP contribution in [0.4, 0.5) is 0 Å². The highest BCUT2D eigenvalue weighted by Gasteiger charge is 2.18. The third-order valence-electron chi connectivity index (χ3n) is 2.66. The molecular formula is C11H20O2. The molecule has 0 aromatic rings. The molecule has 76 valence electrons. The molecule has 2 atom stereocenters. The molecule has 0 bridgehead atoms. The summed E-state index contributed by atoms with van der Waals surface area (Å²) >= 11 is 0. The third-order valence-corrected chi connectivity index (χ3v) is 2.66. The lowest BCUT2D eigenvalue weighted by Crippen LogP contribution is -2.20. The molecule has 0 saturated carbocycles. The predicted octanol–water partition coefficient (Wildman–Crippen LogP) is 2.70. The predicted molar refractivity (Wildman–Crippen MR) is 52.7 cm³/mol. The Bertz CT molecular complexity index is 145. The highest BCUT2D eigenvalue weighted by molar-refractivity contribution is 5.55. The van der Waals surface area contributed by atoms with Crippen LogP contribution >= 0.6 is 0 Å². The van der Waals surface area contributed by atoms with E-state index in [4.69, 9.17) is 4.74 Å². The zero-order valence-electron chi connectivity index (χ0n) is 8.50. The third kappa shape index (κ3) is 3.90. The van der Waals surface area contributed by atoms with Crippen LogP contribution in [0.1, 0.15) is 51.9 Å². The second-order valence-electron chi connectivity index (χ2n) is 3.86. The Morgan fingerprint density at radius 3 is 2.85 bits per heavy atom. The highest BCUT2D eigenvalue weighted by Crippen LogP contribution is 2.20. The summed E-state index contributed by atoms with van der Waals surface area (Å²) in [5.41, 5.74) is 0. The van der Waals surface area contributed by atoms with Gasteiger partial charge in [-0.15, -0.1) is 0 Å². The average Bonchev–Trinajstić information content (AvgIpc) is 2.39. The second kappa shape index (κ2) is 6.14. The van der Waals surface area contributed by atoms with Crippen LogP contribution in [0.2, 0.25) is 0 Å². The summed E-state index contributed by atoms with van der Waals surface area (Å²) < 4.78 is 5.69. The molecule has 2 unspecified atom stereocenters. The van der Waals surface area contributed by atoms with E-state index in [0.717, 1.165) is 32.0 Å². The summed E-state index contributed by atoms with van der Waals surface area (Å²) in [5.74, 6) is 0. The van der Waals surface area contributed by atoms with Gasteiger partial charge in [0.2, 0.25) is 0 Å². The van der Waals surface area contributed by atoms with Gasteiger partial charge in [-0.3, -0.25) is 0 Å². The van der Waals surface area contributed by atoms with Crippen LogP contribution in [0.3, 0.4) is 0 Å². The molecule has 0 N–H and O–H groups in total. The topological polar surface area (TPSA) is 26.3 Å². The maximum Gasteiger partial charge on any atom is 0.148 e. The van der Waals surface area contributed by atoms with Crippen LogP contribution in [-0.2, 0) is 9.53 Å². The SMILES string of the molecule is CCCCC1CCCCC(C=O)O1. The lowest BCUT2D eigenvalue weighted by molar-refractivity contribution is -0.121. The molecule has 0 aromatic heterocycles. The Hall–Kier alpha value is -0.370. The molecule has 0 radical (unpaired) electrons. The van der Waals surface area contributed by atoms with Gasteiger partial charge in [0.15, 0.2) is 0 Å². The fourth-order valence-corrected chi connectivity index (χ4v) is 1.85. The Morgan fingerprint density at radius 2 is 2.15 bits per heavy atom. The molecule has 1 aliphatic rings. The fraction of sp³-hybridized carbons (Fsp3) is 0.909. The smallest absolute Gasteiger partial charge is 0.148 e. The monoisotopic (exact) mass is 184 g/mol. The number of ether oxygens (including phenoxy) is 1. The molecule has 1 heterocycles. The molecule has 13 heavy (non-hydrogen) atoms. The number of rotatable bonds is 4. The van der Waals surface area contributed by atoms with Crippen molar-refractivity contribution in [2.45, 2.75) is 64.1 Å². The van der Waals surface area contributed by atoms with E-state index in [1.807, 2.05) is 0 Å². The molecule has 0 aliphatic carbocycles. The summed E-state index contributed by atoms with van der Waals surface area (Å²) in [5, 5.41) is 0. The van der Waals surface area contributed by atoms with Gasteiger partial charge in [0.1, 0.15) is 12.4 Å². The average molecular weight is 184 g/mol. The van der Waals surface area contributed by atoms with Gasteiger partial charge < -0.3 is 9.53 Å². The van der Waals surface area contributed by atoms with E-state index >= 15 is 0 Å². The molecule has 2 nitrogen and oxygen atoms in total. The lowest BCUT2D eigenvalue weighted by atomic mass is 10.1. The van der Waals surface area contributed by atoms with E-state index in [9.17, 15) is 4.79 Å². The number of aldehydes is 1. The van der Waals surface area contributed by atoms with E-state index in [1.54, 1.807) is 0 Å². The van der Waals surface area contributed by atoms with E-state index in [0.29, 0.717) is 6.10 Å². The minimum absolute atomic E-state index is 0.121. The fourth-order valence-electron chi connectivity index (χ4n) is 1.85. The van der Waals surface area contributed by atoms with Crippen molar-refractivity contribution in [2.75, 3.05) is 0 Å². The van der Waals surface area contributed by atoms with Crippen LogP contribution in [0, 0.1) is 0 Å². The van der Waals surface area contributed by atoms with Gasteiger partial charge in [0, 0.05) is 0 Å². The van der Waals surface area contributed by atoms with Gasteiger partial charge in [-0.1, -0.05) is 32.6 Å². The maximum atomic E-state index is 10.6. The summed E-state index contributed by atoms with van der Waals surface area (Å²) in [6.45, 7) is 2.19. The van der Waals surface area contributed by atoms with Crippen LogP contribution in [-0.4, -0.2) is 18.5 Å². The number of hydrogen-bond acceptors (Lipinski definition) is 2. The van der Waals surface area contributed by atoms with Crippen molar-refractivity contribution in [2.24, 2.45) is 0 Å². The Balaban J connectivity index is 2.30. The summed E-state index contributed by atoms with van der Waals surface area (Å²) in [7, 11) is 0. The quantitative estimate of drug-likeness (QED) is 0.628. The molecule has 1 fully saturated rings. The van der Waals surface area contributed by atoms with Gasteiger partial charge in [-0.2, -0.15) is 0 Å². The minimum atomic E-state index is -0.121. The zero-order valence-corrected chi connectivity index (χ0v) is 8.50. The Labute approximate surface area is 80.7 Å². The van der Waals surface area contributed by atoms with E-state index in [-0.39, 0.29) is 6.10 Å². The molecule has 0 spiro atoms. The lowest BCUT2D eigenvalue weighted by Gasteiger charge is -2.17. The Kier molecular flexibility index (Phi) is 5.06. The van der Waals surface area contributed by atoms with Gasteiger partial charge in [0.05, 0.1) is 6.10 Å². The van der Waals surface area contributed by atoms with E-state index in [2.05, 4.69) is 6.92 Å². The summed E-state index contributed by atoms with van der Waals surface area (Å²) in [6, 6.07) is 0. The van der Waals surface area contributed by atoms with Crippen molar-refractivity contribution in [3.63, 3.8) is 0 Å². The van der Waals surface area contributed by atoms with E-state index in [1.165, 1.54) is 19.3 Å². The number of hydrogen-bond donors (Lipinski definition) is 0. The van der Waals surface area contributed by atoms with Crippen molar-refractivity contribution >= 4 is 6.29 Å². The standard InChI is InChI=1S/C11H20O2/c1-2-3-6-10-7-4-5-8-11(9-12)13-10/h9-11H,2-8H2,1H3. The molecule has 1 rings (SSSR count). The van der Waals surface area contributed by atoms with Gasteiger partial charge in [0.25, 0.3) is 0 Å². The zero-order chi connectivity index (χ0) is 9.52. The molecule has 0 amide bonds. The molecule has 0 aromatic carbocycles.